The van der Waals surface area contributed by atoms with Crippen molar-refractivity contribution in [2.75, 3.05) is 10.6 Å². The second kappa shape index (κ2) is 7.53. The number of anilines is 2. The Hall–Kier alpha value is -3.60. The fourth-order valence-corrected chi connectivity index (χ4v) is 2.55. The van der Waals surface area contributed by atoms with Crippen LogP contribution < -0.4 is 10.6 Å². The number of hydrogen-bond donors (Lipinski definition) is 3. The number of carbonyl (C=O) groups is 2. The van der Waals surface area contributed by atoms with E-state index in [0.29, 0.717) is 16.9 Å². The minimum Gasteiger partial charge on any atom is -0.506 e. The lowest BCUT2D eigenvalue weighted by molar-refractivity contribution is -0.114. The van der Waals surface area contributed by atoms with Crippen molar-refractivity contribution in [3.63, 3.8) is 0 Å². The van der Waals surface area contributed by atoms with Crippen LogP contribution in [0.1, 0.15) is 17.3 Å². The van der Waals surface area contributed by atoms with Crippen LogP contribution in [0.4, 0.5) is 11.4 Å². The zero-order valence-electron chi connectivity index (χ0n) is 14.2. The fourth-order valence-electron chi connectivity index (χ4n) is 2.55. The number of phenols is 1. The normalized spacial score (nSPS) is 10.2. The lowest BCUT2D eigenvalue weighted by Crippen LogP contribution is -2.12. The molecule has 3 N–H and O–H groups in total. The Bertz CT molecular complexity index is 935. The van der Waals surface area contributed by atoms with Gasteiger partial charge in [0.25, 0.3) is 5.91 Å². The highest BCUT2D eigenvalue weighted by Gasteiger charge is 2.10. The lowest BCUT2D eigenvalue weighted by Gasteiger charge is -2.10. The highest BCUT2D eigenvalue weighted by Crippen LogP contribution is 2.30. The third kappa shape index (κ3) is 4.08. The van der Waals surface area contributed by atoms with Gasteiger partial charge in [-0.2, -0.15) is 0 Å². The van der Waals surface area contributed by atoms with Gasteiger partial charge in [-0.1, -0.05) is 36.4 Å². The summed E-state index contributed by atoms with van der Waals surface area (Å²) >= 11 is 0. The van der Waals surface area contributed by atoms with E-state index in [9.17, 15) is 14.7 Å². The average Bonchev–Trinajstić information content (AvgIpc) is 2.64. The highest BCUT2D eigenvalue weighted by atomic mass is 16.3. The first-order chi connectivity index (χ1) is 12.5. The molecule has 3 rings (SSSR count). The van der Waals surface area contributed by atoms with Gasteiger partial charge in [0.05, 0.1) is 5.69 Å². The second-order valence-corrected chi connectivity index (χ2v) is 5.81. The SMILES string of the molecule is CC(=O)Nc1ccc(C(=O)Nc2cc(-c3ccccc3)ccc2O)cc1. The van der Waals surface area contributed by atoms with E-state index in [2.05, 4.69) is 10.6 Å². The number of nitrogens with one attached hydrogen (secondary N) is 2. The van der Waals surface area contributed by atoms with Crippen LogP contribution >= 0.6 is 0 Å². The quantitative estimate of drug-likeness (QED) is 0.617. The summed E-state index contributed by atoms with van der Waals surface area (Å²) in [5.41, 5.74) is 3.25. The first-order valence-electron chi connectivity index (χ1n) is 8.10. The number of phenolic OH excluding ortho intramolecular Hbond substituents is 1. The van der Waals surface area contributed by atoms with Crippen LogP contribution in [0.3, 0.4) is 0 Å². The molecule has 5 nitrogen and oxygen atoms in total. The van der Waals surface area contributed by atoms with E-state index >= 15 is 0 Å². The molecule has 130 valence electrons. The average molecular weight is 346 g/mol. The molecule has 0 aliphatic heterocycles. The van der Waals surface area contributed by atoms with E-state index < -0.39 is 0 Å². The van der Waals surface area contributed by atoms with E-state index in [-0.39, 0.29) is 17.6 Å². The van der Waals surface area contributed by atoms with E-state index in [4.69, 9.17) is 0 Å². The number of rotatable bonds is 4. The van der Waals surface area contributed by atoms with Crippen LogP contribution in [-0.2, 0) is 4.79 Å². The van der Waals surface area contributed by atoms with Gasteiger partial charge in [0.2, 0.25) is 5.91 Å². The Morgan fingerprint density at radius 3 is 2.15 bits per heavy atom. The van der Waals surface area contributed by atoms with Crippen LogP contribution in [0.15, 0.2) is 72.8 Å². The summed E-state index contributed by atoms with van der Waals surface area (Å²) < 4.78 is 0. The molecule has 0 spiro atoms. The van der Waals surface area contributed by atoms with E-state index in [1.54, 1.807) is 42.5 Å². The smallest absolute Gasteiger partial charge is 0.255 e. The van der Waals surface area contributed by atoms with Crippen molar-refractivity contribution in [3.8, 4) is 16.9 Å². The maximum atomic E-state index is 12.4. The van der Waals surface area contributed by atoms with Crippen molar-refractivity contribution < 1.29 is 14.7 Å². The Morgan fingerprint density at radius 1 is 0.808 bits per heavy atom. The van der Waals surface area contributed by atoms with Crippen LogP contribution in [0, 0.1) is 0 Å². The van der Waals surface area contributed by atoms with E-state index in [0.717, 1.165) is 11.1 Å². The zero-order chi connectivity index (χ0) is 18.5. The Morgan fingerprint density at radius 2 is 1.50 bits per heavy atom. The molecule has 3 aromatic carbocycles. The van der Waals surface area contributed by atoms with Gasteiger partial charge in [-0.25, -0.2) is 0 Å². The standard InChI is InChI=1S/C21H18N2O3/c1-14(24)22-18-10-7-16(8-11-18)21(26)23-19-13-17(9-12-20(19)25)15-5-3-2-4-6-15/h2-13,25H,1H3,(H,22,24)(H,23,26). The van der Waals surface area contributed by atoms with Crippen LogP contribution in [0.25, 0.3) is 11.1 Å². The maximum absolute atomic E-state index is 12.4. The third-order valence-corrected chi connectivity index (χ3v) is 3.82. The van der Waals surface area contributed by atoms with Gasteiger partial charge in [0.15, 0.2) is 0 Å². The molecule has 3 aromatic rings. The van der Waals surface area contributed by atoms with Crippen molar-refractivity contribution in [1.82, 2.24) is 0 Å². The summed E-state index contributed by atoms with van der Waals surface area (Å²) in [5.74, 6) is -0.530. The fraction of sp³-hybridized carbons (Fsp3) is 0.0476. The van der Waals surface area contributed by atoms with Gasteiger partial charge in [-0.3, -0.25) is 9.59 Å². The largest absolute Gasteiger partial charge is 0.506 e. The minimum atomic E-state index is -0.347. The van der Waals surface area contributed by atoms with Crippen molar-refractivity contribution in [2.24, 2.45) is 0 Å². The first-order valence-corrected chi connectivity index (χ1v) is 8.10. The Labute approximate surface area is 151 Å². The number of amides is 2. The molecule has 0 bridgehead atoms. The van der Waals surface area contributed by atoms with Crippen LogP contribution in [0.2, 0.25) is 0 Å². The lowest BCUT2D eigenvalue weighted by atomic mass is 10.0. The highest BCUT2D eigenvalue weighted by molar-refractivity contribution is 6.05. The predicted molar refractivity (Wildman–Crippen MR) is 102 cm³/mol. The molecule has 26 heavy (non-hydrogen) atoms. The molecule has 0 unspecified atom stereocenters. The summed E-state index contributed by atoms with van der Waals surface area (Å²) in [4.78, 5) is 23.5. The van der Waals surface area contributed by atoms with Crippen molar-refractivity contribution in [3.05, 3.63) is 78.4 Å². The van der Waals surface area contributed by atoms with Crippen molar-refractivity contribution in [1.29, 1.82) is 0 Å². The summed E-state index contributed by atoms with van der Waals surface area (Å²) in [6, 6.07) is 21.3. The summed E-state index contributed by atoms with van der Waals surface area (Å²) in [7, 11) is 0. The molecule has 2 amide bonds. The van der Waals surface area contributed by atoms with Gasteiger partial charge >= 0.3 is 0 Å². The van der Waals surface area contributed by atoms with E-state index in [1.165, 1.54) is 6.92 Å². The molecule has 0 aliphatic carbocycles. The molecule has 0 saturated carbocycles. The zero-order valence-corrected chi connectivity index (χ0v) is 14.2. The molecule has 0 atom stereocenters. The molecule has 0 radical (unpaired) electrons. The summed E-state index contributed by atoms with van der Waals surface area (Å²) in [5, 5.41) is 15.4. The molecule has 5 heteroatoms. The molecule has 0 saturated heterocycles. The van der Waals surface area contributed by atoms with Gasteiger partial charge < -0.3 is 15.7 Å². The Kier molecular flexibility index (Phi) is 4.99. The molecule has 0 heterocycles. The Balaban J connectivity index is 1.79. The monoisotopic (exact) mass is 346 g/mol. The molecule has 0 aliphatic rings. The number of carbonyl (C=O) groups excluding carboxylic acids is 2. The number of hydrogen-bond acceptors (Lipinski definition) is 3. The molecule has 0 aromatic heterocycles. The van der Waals surface area contributed by atoms with Gasteiger partial charge in [0, 0.05) is 18.2 Å². The van der Waals surface area contributed by atoms with Gasteiger partial charge in [0.1, 0.15) is 5.75 Å². The van der Waals surface area contributed by atoms with Crippen molar-refractivity contribution in [2.45, 2.75) is 6.92 Å². The third-order valence-electron chi connectivity index (χ3n) is 3.82. The molecular weight excluding hydrogens is 328 g/mol. The molecular formula is C21H18N2O3. The summed E-state index contributed by atoms with van der Waals surface area (Å²) in [6.45, 7) is 1.42. The van der Waals surface area contributed by atoms with Crippen LogP contribution in [-0.4, -0.2) is 16.9 Å². The van der Waals surface area contributed by atoms with Gasteiger partial charge in [-0.15, -0.1) is 0 Å². The minimum absolute atomic E-state index is 0.00658. The number of aromatic hydroxyl groups is 1. The topological polar surface area (TPSA) is 78.4 Å². The maximum Gasteiger partial charge on any atom is 0.255 e. The number of benzene rings is 3. The molecule has 0 fully saturated rings. The predicted octanol–water partition coefficient (Wildman–Crippen LogP) is 4.27. The van der Waals surface area contributed by atoms with Crippen molar-refractivity contribution >= 4 is 23.2 Å². The van der Waals surface area contributed by atoms with Crippen LogP contribution in [0.5, 0.6) is 5.75 Å². The second-order valence-electron chi connectivity index (χ2n) is 5.81. The van der Waals surface area contributed by atoms with Gasteiger partial charge in [-0.05, 0) is 47.5 Å². The summed E-state index contributed by atoms with van der Waals surface area (Å²) in [6.07, 6.45) is 0. The first kappa shape index (κ1) is 17.2. The van der Waals surface area contributed by atoms with E-state index in [1.807, 2.05) is 30.3 Å².